The van der Waals surface area contributed by atoms with Crippen LogP contribution in [0.3, 0.4) is 0 Å². The average molecular weight is 376 g/mol. The quantitative estimate of drug-likeness (QED) is 0.330. The van der Waals surface area contributed by atoms with Crippen molar-refractivity contribution in [1.82, 2.24) is 0 Å². The van der Waals surface area contributed by atoms with Gasteiger partial charge in [-0.1, -0.05) is 54.6 Å². The third-order valence-electron chi connectivity index (χ3n) is 4.42. The van der Waals surface area contributed by atoms with Crippen LogP contribution >= 0.6 is 0 Å². The standard InChI is InChI=1S/C17H17.C7H7.H2N.Ti/c1-12(2)11-17-15-9-5-3-7-13(15)14-8-4-6-10-16(14)17;1-7-5-3-2-4-6-7;;/h3-10,17H,11H2,1-2H3;2-6H,1H2;1H2;/q3*-1;+3. The van der Waals surface area contributed by atoms with E-state index in [1.807, 2.05) is 30.3 Å². The Labute approximate surface area is 173 Å². The molecule has 0 saturated heterocycles. The minimum absolute atomic E-state index is 0. The van der Waals surface area contributed by atoms with E-state index in [0.29, 0.717) is 5.92 Å². The smallest absolute Gasteiger partial charge is 0.693 e. The van der Waals surface area contributed by atoms with Crippen LogP contribution in [-0.4, -0.2) is 0 Å². The zero-order chi connectivity index (χ0) is 16.9. The van der Waals surface area contributed by atoms with E-state index < -0.39 is 0 Å². The molecule has 4 rings (SSSR count). The van der Waals surface area contributed by atoms with Gasteiger partial charge < -0.3 is 12.1 Å². The molecule has 2 heteroatoms. The Hall–Kier alpha value is -1.80. The van der Waals surface area contributed by atoms with Gasteiger partial charge in [0.15, 0.2) is 0 Å². The minimum atomic E-state index is 0. The fourth-order valence-corrected chi connectivity index (χ4v) is 3.37. The Morgan fingerprint density at radius 3 is 1.54 bits per heavy atom. The molecule has 131 valence electrons. The van der Waals surface area contributed by atoms with Gasteiger partial charge in [0.2, 0.25) is 0 Å². The van der Waals surface area contributed by atoms with Crippen molar-refractivity contribution in [2.24, 2.45) is 0 Å². The van der Waals surface area contributed by atoms with E-state index in [4.69, 9.17) is 0 Å². The van der Waals surface area contributed by atoms with Crippen molar-refractivity contribution in [1.29, 1.82) is 0 Å². The van der Waals surface area contributed by atoms with Crippen LogP contribution in [-0.2, 0) is 21.7 Å². The predicted octanol–water partition coefficient (Wildman–Crippen LogP) is 7.39. The Bertz CT molecular complexity index is 751. The second-order valence-corrected chi connectivity index (χ2v) is 6.62. The molecule has 0 amide bonds. The fourth-order valence-electron chi connectivity index (χ4n) is 3.37. The summed E-state index contributed by atoms with van der Waals surface area (Å²) in [4.78, 5) is 0. The Morgan fingerprint density at radius 2 is 1.15 bits per heavy atom. The number of hydrogen-bond acceptors (Lipinski definition) is 0. The number of fused-ring (bicyclic) bond motifs is 3. The van der Waals surface area contributed by atoms with Crippen molar-refractivity contribution in [2.75, 3.05) is 0 Å². The Balaban J connectivity index is 0.000000322. The molecular formula is C24H26NTi. The fraction of sp³-hybridized carbons (Fsp3) is 0.167. The van der Waals surface area contributed by atoms with E-state index >= 15 is 0 Å². The van der Waals surface area contributed by atoms with Gasteiger partial charge in [-0.25, -0.2) is 0 Å². The van der Waals surface area contributed by atoms with Crippen molar-refractivity contribution in [3.05, 3.63) is 115 Å². The molecule has 3 aromatic carbocycles. The molecule has 1 aliphatic carbocycles. The first kappa shape index (κ1) is 22.2. The summed E-state index contributed by atoms with van der Waals surface area (Å²) < 4.78 is 0. The maximum Gasteiger partial charge on any atom is 3.00 e. The van der Waals surface area contributed by atoms with Crippen molar-refractivity contribution in [3.63, 3.8) is 0 Å². The molecule has 26 heavy (non-hydrogen) atoms. The molecule has 0 heterocycles. The summed E-state index contributed by atoms with van der Waals surface area (Å²) in [5, 5.41) is 0. The van der Waals surface area contributed by atoms with Crippen LogP contribution in [0, 0.1) is 12.8 Å². The molecule has 3 aromatic rings. The van der Waals surface area contributed by atoms with Gasteiger partial charge in [0.1, 0.15) is 0 Å². The zero-order valence-corrected chi connectivity index (χ0v) is 17.1. The van der Waals surface area contributed by atoms with E-state index in [1.165, 1.54) is 28.2 Å². The van der Waals surface area contributed by atoms with Crippen molar-refractivity contribution in [3.8, 4) is 11.1 Å². The summed E-state index contributed by atoms with van der Waals surface area (Å²) in [5.74, 6) is 2.06. The Morgan fingerprint density at radius 1 is 0.731 bits per heavy atom. The van der Waals surface area contributed by atoms with Gasteiger partial charge in [-0.15, -0.1) is 12.1 Å². The minimum Gasteiger partial charge on any atom is -0.693 e. The van der Waals surface area contributed by atoms with Crippen LogP contribution in [0.4, 0.5) is 0 Å². The molecular weight excluding hydrogens is 350 g/mol. The second-order valence-electron chi connectivity index (χ2n) is 6.62. The van der Waals surface area contributed by atoms with Crippen LogP contribution in [0.1, 0.15) is 42.9 Å². The van der Waals surface area contributed by atoms with E-state index in [1.54, 1.807) is 0 Å². The summed E-state index contributed by atoms with van der Waals surface area (Å²) >= 11 is 0. The van der Waals surface area contributed by atoms with E-state index in [-0.39, 0.29) is 27.9 Å². The maximum atomic E-state index is 3.72. The van der Waals surface area contributed by atoms with E-state index in [2.05, 4.69) is 69.3 Å². The van der Waals surface area contributed by atoms with Crippen molar-refractivity contribution < 1.29 is 21.7 Å². The summed E-state index contributed by atoms with van der Waals surface area (Å²) in [5.41, 5.74) is 6.91. The normalized spacial score (nSPS) is 11.3. The van der Waals surface area contributed by atoms with Crippen molar-refractivity contribution in [2.45, 2.75) is 26.2 Å². The number of benzene rings is 3. The topological polar surface area (TPSA) is 33.5 Å². The molecule has 0 bridgehead atoms. The molecule has 1 aliphatic rings. The third kappa shape index (κ3) is 5.11. The van der Waals surface area contributed by atoms with E-state index in [0.717, 1.165) is 12.0 Å². The molecule has 0 saturated carbocycles. The molecule has 0 atom stereocenters. The zero-order valence-electron chi connectivity index (χ0n) is 15.6. The summed E-state index contributed by atoms with van der Waals surface area (Å²) in [6.07, 6.45) is 1.16. The van der Waals surface area contributed by atoms with Gasteiger partial charge >= 0.3 is 21.7 Å². The third-order valence-corrected chi connectivity index (χ3v) is 4.42. The first-order valence-corrected chi connectivity index (χ1v) is 8.51. The Kier molecular flexibility index (Phi) is 8.88. The molecule has 1 radical (unpaired) electrons. The summed E-state index contributed by atoms with van der Waals surface area (Å²) in [7, 11) is 0. The average Bonchev–Trinajstić information content (AvgIpc) is 2.91. The predicted molar refractivity (Wildman–Crippen MR) is 109 cm³/mol. The molecule has 0 unspecified atom stereocenters. The number of nitrogens with two attached hydrogens (primary N) is 1. The molecule has 0 aromatic heterocycles. The van der Waals surface area contributed by atoms with Crippen LogP contribution < -0.4 is 0 Å². The van der Waals surface area contributed by atoms with Gasteiger partial charge in [0.25, 0.3) is 0 Å². The molecule has 0 fully saturated rings. The first-order valence-electron chi connectivity index (χ1n) is 8.51. The second kappa shape index (κ2) is 10.4. The van der Waals surface area contributed by atoms with Gasteiger partial charge in [-0.05, 0) is 28.2 Å². The molecule has 1 nitrogen and oxygen atoms in total. The van der Waals surface area contributed by atoms with Crippen LogP contribution in [0.2, 0.25) is 0 Å². The first-order chi connectivity index (χ1) is 11.7. The van der Waals surface area contributed by atoms with Gasteiger partial charge in [-0.3, -0.25) is 0 Å². The van der Waals surface area contributed by atoms with E-state index in [9.17, 15) is 0 Å². The molecule has 0 spiro atoms. The van der Waals surface area contributed by atoms with Gasteiger partial charge in [0.05, 0.1) is 0 Å². The molecule has 2 N–H and O–H groups in total. The van der Waals surface area contributed by atoms with Gasteiger partial charge in [0, 0.05) is 0 Å². The summed E-state index contributed by atoms with van der Waals surface area (Å²) in [6.45, 7) is 8.17. The monoisotopic (exact) mass is 376 g/mol. The van der Waals surface area contributed by atoms with Crippen LogP contribution in [0.15, 0.2) is 78.9 Å². The summed E-state index contributed by atoms with van der Waals surface area (Å²) in [6, 6.07) is 27.5. The number of rotatable bonds is 2. The SMILES string of the molecule is C[C-](C)CC1c2ccccc2-c2ccccc21.[CH2-]c1ccccc1.[NH2-].[Ti+3]. The van der Waals surface area contributed by atoms with Crippen molar-refractivity contribution >= 4 is 0 Å². The van der Waals surface area contributed by atoms with Crippen LogP contribution in [0.25, 0.3) is 17.3 Å². The van der Waals surface area contributed by atoms with Crippen LogP contribution in [0.5, 0.6) is 0 Å². The largest absolute Gasteiger partial charge is 3.00 e. The number of hydrogen-bond donors (Lipinski definition) is 0. The maximum absolute atomic E-state index is 3.72. The van der Waals surface area contributed by atoms with Gasteiger partial charge in [-0.2, -0.15) is 44.9 Å². The molecule has 0 aliphatic heterocycles.